The van der Waals surface area contributed by atoms with E-state index in [4.69, 9.17) is 0 Å². The number of likely N-dealkylation sites (tertiary alicyclic amines) is 1. The Bertz CT molecular complexity index is 838. The van der Waals surface area contributed by atoms with Gasteiger partial charge in [0.2, 0.25) is 0 Å². The lowest BCUT2D eigenvalue weighted by Crippen LogP contribution is -2.42. The topological polar surface area (TPSA) is 16.1 Å². The van der Waals surface area contributed by atoms with Gasteiger partial charge in [0.15, 0.2) is 0 Å². The predicted octanol–water partition coefficient (Wildman–Crippen LogP) is 6.43. The van der Waals surface area contributed by atoms with Crippen molar-refractivity contribution in [1.82, 2.24) is 9.88 Å². The van der Waals surface area contributed by atoms with E-state index in [1.807, 2.05) is 12.4 Å². The zero-order chi connectivity index (χ0) is 18.0. The van der Waals surface area contributed by atoms with Crippen LogP contribution in [-0.4, -0.2) is 15.4 Å². The highest BCUT2D eigenvalue weighted by Gasteiger charge is 2.47. The third kappa shape index (κ3) is 4.41. The lowest BCUT2D eigenvalue weighted by Gasteiger charge is -2.39. The van der Waals surface area contributed by atoms with Crippen molar-refractivity contribution < 1.29 is 0 Å². The van der Waals surface area contributed by atoms with Gasteiger partial charge >= 0.3 is 0 Å². The second kappa shape index (κ2) is 9.56. The average molecular weight is 415 g/mol. The molecule has 1 aromatic heterocycles. The smallest absolute Gasteiger partial charge is 0.0363 e. The summed E-state index contributed by atoms with van der Waals surface area (Å²) in [4.78, 5) is 6.90. The molecule has 2 aromatic carbocycles. The van der Waals surface area contributed by atoms with Gasteiger partial charge in [0, 0.05) is 36.4 Å². The van der Waals surface area contributed by atoms with Crippen LogP contribution in [0.2, 0.25) is 0 Å². The van der Waals surface area contributed by atoms with Gasteiger partial charge in [-0.3, -0.25) is 9.88 Å². The lowest BCUT2D eigenvalue weighted by molar-refractivity contribution is 0.112. The molecule has 0 amide bonds. The second-order valence-corrected chi connectivity index (χ2v) is 7.76. The van der Waals surface area contributed by atoms with E-state index in [0.29, 0.717) is 12.0 Å². The molecular weight excluding hydrogens is 387 g/mol. The van der Waals surface area contributed by atoms with Crippen LogP contribution in [0, 0.1) is 0 Å². The van der Waals surface area contributed by atoms with Gasteiger partial charge in [-0.1, -0.05) is 60.7 Å². The monoisotopic (exact) mass is 414 g/mol. The molecule has 1 aliphatic heterocycles. The number of halogens is 2. The van der Waals surface area contributed by atoms with Crippen LogP contribution in [0.1, 0.15) is 48.9 Å². The van der Waals surface area contributed by atoms with Gasteiger partial charge in [-0.15, -0.1) is 24.8 Å². The molecule has 4 rings (SSSR count). The van der Waals surface area contributed by atoms with Crippen molar-refractivity contribution in [1.29, 1.82) is 0 Å². The van der Waals surface area contributed by atoms with Gasteiger partial charge in [0.1, 0.15) is 0 Å². The van der Waals surface area contributed by atoms with E-state index in [2.05, 4.69) is 96.5 Å². The van der Waals surface area contributed by atoms with Gasteiger partial charge in [0.05, 0.1) is 0 Å². The molecule has 0 saturated carbocycles. The number of benzene rings is 2. The maximum atomic E-state index is 4.21. The molecular formula is C24H28Cl2N2. The SMILES string of the molecule is CC1(C)[C@H](c2ccncc2)C[C@H](c2ccccc2)N1Cc1ccccc1.Cl.Cl. The molecule has 1 aliphatic rings. The van der Waals surface area contributed by atoms with Gasteiger partial charge in [-0.25, -0.2) is 0 Å². The average Bonchev–Trinajstić information content (AvgIpc) is 2.95. The van der Waals surface area contributed by atoms with Crippen LogP contribution in [0.4, 0.5) is 0 Å². The van der Waals surface area contributed by atoms with Gasteiger partial charge in [0.25, 0.3) is 0 Å². The summed E-state index contributed by atoms with van der Waals surface area (Å²) in [5.41, 5.74) is 4.24. The second-order valence-electron chi connectivity index (χ2n) is 7.76. The van der Waals surface area contributed by atoms with Crippen molar-refractivity contribution in [2.75, 3.05) is 0 Å². The van der Waals surface area contributed by atoms with E-state index in [1.165, 1.54) is 16.7 Å². The molecule has 2 atom stereocenters. The lowest BCUT2D eigenvalue weighted by atomic mass is 9.82. The first-order valence-electron chi connectivity index (χ1n) is 9.42. The van der Waals surface area contributed by atoms with Crippen LogP contribution in [0.15, 0.2) is 85.2 Å². The van der Waals surface area contributed by atoms with E-state index in [0.717, 1.165) is 13.0 Å². The highest BCUT2D eigenvalue weighted by atomic mass is 35.5. The molecule has 0 N–H and O–H groups in total. The normalized spacial score (nSPS) is 20.8. The summed E-state index contributed by atoms with van der Waals surface area (Å²) in [6.07, 6.45) is 4.97. The summed E-state index contributed by atoms with van der Waals surface area (Å²) in [6, 6.07) is 26.6. The highest BCUT2D eigenvalue weighted by molar-refractivity contribution is 5.85. The Morgan fingerprint density at radius 3 is 2.00 bits per heavy atom. The fraction of sp³-hybridized carbons (Fsp3) is 0.292. The predicted molar refractivity (Wildman–Crippen MR) is 121 cm³/mol. The molecule has 1 saturated heterocycles. The minimum Gasteiger partial charge on any atom is -0.286 e. The van der Waals surface area contributed by atoms with Crippen LogP contribution in [0.3, 0.4) is 0 Å². The quantitative estimate of drug-likeness (QED) is 0.488. The molecule has 0 radical (unpaired) electrons. The number of aromatic nitrogens is 1. The van der Waals surface area contributed by atoms with Crippen LogP contribution in [0.5, 0.6) is 0 Å². The fourth-order valence-corrected chi connectivity index (χ4v) is 4.47. The molecule has 3 aromatic rings. The minimum atomic E-state index is 0. The van der Waals surface area contributed by atoms with E-state index < -0.39 is 0 Å². The maximum Gasteiger partial charge on any atom is 0.0363 e. The number of hydrogen-bond donors (Lipinski definition) is 0. The third-order valence-corrected chi connectivity index (χ3v) is 5.92. The van der Waals surface area contributed by atoms with Crippen molar-refractivity contribution in [3.63, 3.8) is 0 Å². The van der Waals surface area contributed by atoms with E-state index >= 15 is 0 Å². The van der Waals surface area contributed by atoms with Crippen molar-refractivity contribution >= 4 is 24.8 Å². The fourth-order valence-electron chi connectivity index (χ4n) is 4.47. The number of pyridine rings is 1. The zero-order valence-corrected chi connectivity index (χ0v) is 18.0. The van der Waals surface area contributed by atoms with Crippen LogP contribution >= 0.6 is 24.8 Å². The molecule has 0 bridgehead atoms. The summed E-state index contributed by atoms with van der Waals surface area (Å²) in [7, 11) is 0. The first-order chi connectivity index (χ1) is 12.7. The first kappa shape index (κ1) is 22.4. The zero-order valence-electron chi connectivity index (χ0n) is 16.4. The molecule has 0 spiro atoms. The summed E-state index contributed by atoms with van der Waals surface area (Å²) < 4.78 is 0. The molecule has 2 nitrogen and oxygen atoms in total. The molecule has 1 fully saturated rings. The van der Waals surface area contributed by atoms with E-state index in [9.17, 15) is 0 Å². The third-order valence-electron chi connectivity index (χ3n) is 5.92. The highest BCUT2D eigenvalue weighted by Crippen LogP contribution is 2.51. The summed E-state index contributed by atoms with van der Waals surface area (Å²) in [6.45, 7) is 5.75. The standard InChI is InChI=1S/C24H26N2.2ClH/c1-24(2)22(20-13-15-25-16-14-20)17-23(21-11-7-4-8-12-21)26(24)18-19-9-5-3-6-10-19;;/h3-16,22-23H,17-18H2,1-2H3;2*1H/t22-,23+;;/m0../s1. The Hall–Kier alpha value is -1.87. The van der Waals surface area contributed by atoms with E-state index in [-0.39, 0.29) is 30.4 Å². The maximum absolute atomic E-state index is 4.21. The molecule has 2 heterocycles. The Labute approximate surface area is 180 Å². The van der Waals surface area contributed by atoms with Crippen molar-refractivity contribution in [2.45, 2.75) is 44.3 Å². The molecule has 148 valence electrons. The Morgan fingerprint density at radius 2 is 1.39 bits per heavy atom. The Morgan fingerprint density at radius 1 is 0.821 bits per heavy atom. The molecule has 4 heteroatoms. The summed E-state index contributed by atoms with van der Waals surface area (Å²) in [5.74, 6) is 0.486. The molecule has 0 aliphatic carbocycles. The Balaban J connectivity index is 0.00000140. The largest absolute Gasteiger partial charge is 0.286 e. The molecule has 28 heavy (non-hydrogen) atoms. The minimum absolute atomic E-state index is 0. The summed E-state index contributed by atoms with van der Waals surface area (Å²) >= 11 is 0. The van der Waals surface area contributed by atoms with Crippen molar-refractivity contribution in [3.8, 4) is 0 Å². The van der Waals surface area contributed by atoms with E-state index in [1.54, 1.807) is 0 Å². The molecule has 0 unspecified atom stereocenters. The van der Waals surface area contributed by atoms with Crippen LogP contribution in [-0.2, 0) is 6.54 Å². The van der Waals surface area contributed by atoms with Crippen LogP contribution in [0.25, 0.3) is 0 Å². The van der Waals surface area contributed by atoms with Gasteiger partial charge in [-0.2, -0.15) is 0 Å². The first-order valence-corrected chi connectivity index (χ1v) is 9.42. The van der Waals surface area contributed by atoms with Crippen molar-refractivity contribution in [3.05, 3.63) is 102 Å². The number of nitrogens with zero attached hydrogens (tertiary/aromatic N) is 2. The Kier molecular flexibility index (Phi) is 7.65. The number of rotatable bonds is 4. The van der Waals surface area contributed by atoms with Crippen LogP contribution < -0.4 is 0 Å². The number of hydrogen-bond acceptors (Lipinski definition) is 2. The van der Waals surface area contributed by atoms with Gasteiger partial charge < -0.3 is 0 Å². The summed E-state index contributed by atoms with van der Waals surface area (Å²) in [5, 5.41) is 0. The van der Waals surface area contributed by atoms with Crippen molar-refractivity contribution in [2.24, 2.45) is 0 Å². The van der Waals surface area contributed by atoms with Gasteiger partial charge in [-0.05, 0) is 49.1 Å².